The fourth-order valence-electron chi connectivity index (χ4n) is 1.52. The summed E-state index contributed by atoms with van der Waals surface area (Å²) in [5.74, 6) is 0.818. The van der Waals surface area contributed by atoms with Gasteiger partial charge >= 0.3 is 0 Å². The first-order valence-electron chi connectivity index (χ1n) is 5.33. The Bertz CT molecular complexity index is 632. The van der Waals surface area contributed by atoms with Gasteiger partial charge in [-0.25, -0.2) is 4.98 Å². The molecule has 0 amide bonds. The molecule has 4 heteroatoms. The Labute approximate surface area is 114 Å². The number of benzene rings is 1. The van der Waals surface area contributed by atoms with Crippen LogP contribution in [0.1, 0.15) is 16.8 Å². The number of aryl methyl sites for hydroxylation is 2. The fraction of sp³-hybridized carbons (Fsp3) is 0.231. The standard InChI is InChI=1S/C13H13BrN2S/c1-7-4-5-10(6-11(7)14)12-15-9(3)8(2)13(17)16-12/h4-6H,1-3H3,(H,15,16,17). The van der Waals surface area contributed by atoms with E-state index in [1.54, 1.807) is 0 Å². The first-order valence-corrected chi connectivity index (χ1v) is 6.53. The van der Waals surface area contributed by atoms with Gasteiger partial charge in [0.2, 0.25) is 0 Å². The number of aromatic nitrogens is 2. The normalized spacial score (nSPS) is 10.6. The fourth-order valence-corrected chi connectivity index (χ4v) is 2.15. The average molecular weight is 309 g/mol. The second-order valence-electron chi connectivity index (χ2n) is 4.10. The molecule has 0 saturated heterocycles. The third-order valence-electron chi connectivity index (χ3n) is 2.85. The highest BCUT2D eigenvalue weighted by Crippen LogP contribution is 2.23. The molecule has 0 atom stereocenters. The van der Waals surface area contributed by atoms with Gasteiger partial charge in [0.05, 0.1) is 0 Å². The van der Waals surface area contributed by atoms with Gasteiger partial charge in [0.15, 0.2) is 0 Å². The first kappa shape index (κ1) is 12.5. The van der Waals surface area contributed by atoms with E-state index < -0.39 is 0 Å². The van der Waals surface area contributed by atoms with Crippen molar-refractivity contribution in [3.8, 4) is 11.4 Å². The third kappa shape index (κ3) is 2.48. The van der Waals surface area contributed by atoms with Gasteiger partial charge in [-0.15, -0.1) is 0 Å². The number of rotatable bonds is 1. The molecule has 0 bridgehead atoms. The molecule has 0 aliphatic heterocycles. The van der Waals surface area contributed by atoms with E-state index in [1.807, 2.05) is 19.9 Å². The summed E-state index contributed by atoms with van der Waals surface area (Å²) in [4.78, 5) is 7.69. The molecule has 0 aliphatic carbocycles. The molecule has 2 aromatic rings. The zero-order chi connectivity index (χ0) is 12.6. The number of H-pyrrole nitrogens is 1. The van der Waals surface area contributed by atoms with Crippen LogP contribution in [-0.2, 0) is 0 Å². The second kappa shape index (κ2) is 4.70. The van der Waals surface area contributed by atoms with E-state index in [2.05, 4.69) is 45.0 Å². The maximum absolute atomic E-state index is 5.24. The highest BCUT2D eigenvalue weighted by molar-refractivity contribution is 9.10. The SMILES string of the molecule is Cc1ccc(-c2nc(=S)c(C)c(C)[nH]2)cc1Br. The van der Waals surface area contributed by atoms with Crippen LogP contribution in [0.5, 0.6) is 0 Å². The quantitative estimate of drug-likeness (QED) is 0.786. The van der Waals surface area contributed by atoms with Crippen molar-refractivity contribution >= 4 is 28.1 Å². The minimum atomic E-state index is 0.660. The summed E-state index contributed by atoms with van der Waals surface area (Å²) in [6.07, 6.45) is 0. The molecule has 2 rings (SSSR count). The molecule has 0 radical (unpaired) electrons. The van der Waals surface area contributed by atoms with E-state index in [1.165, 1.54) is 5.56 Å². The molecule has 17 heavy (non-hydrogen) atoms. The lowest BCUT2D eigenvalue weighted by atomic mass is 10.1. The van der Waals surface area contributed by atoms with E-state index in [9.17, 15) is 0 Å². The number of aromatic amines is 1. The predicted octanol–water partition coefficient (Wildman–Crippen LogP) is 4.49. The average Bonchev–Trinajstić information content (AvgIpc) is 2.29. The minimum absolute atomic E-state index is 0.660. The summed E-state index contributed by atoms with van der Waals surface area (Å²) in [6, 6.07) is 6.16. The van der Waals surface area contributed by atoms with Crippen molar-refractivity contribution < 1.29 is 0 Å². The van der Waals surface area contributed by atoms with E-state index in [4.69, 9.17) is 12.2 Å². The molecular weight excluding hydrogens is 296 g/mol. The van der Waals surface area contributed by atoms with E-state index in [0.29, 0.717) is 4.64 Å². The van der Waals surface area contributed by atoms with Crippen LogP contribution in [0, 0.1) is 25.4 Å². The highest BCUT2D eigenvalue weighted by atomic mass is 79.9. The van der Waals surface area contributed by atoms with Gasteiger partial charge in [-0.05, 0) is 32.4 Å². The second-order valence-corrected chi connectivity index (χ2v) is 5.35. The van der Waals surface area contributed by atoms with E-state index in [0.717, 1.165) is 27.1 Å². The Morgan fingerprint density at radius 1 is 1.24 bits per heavy atom. The zero-order valence-corrected chi connectivity index (χ0v) is 12.4. The molecule has 0 aliphatic rings. The lowest BCUT2D eigenvalue weighted by molar-refractivity contribution is 1.06. The Kier molecular flexibility index (Phi) is 3.45. The summed E-state index contributed by atoms with van der Waals surface area (Å²) in [7, 11) is 0. The lowest BCUT2D eigenvalue weighted by Gasteiger charge is -2.07. The van der Waals surface area contributed by atoms with Gasteiger partial charge < -0.3 is 4.98 Å². The summed E-state index contributed by atoms with van der Waals surface area (Å²) in [5, 5.41) is 0. The molecule has 1 aromatic carbocycles. The van der Waals surface area contributed by atoms with Crippen molar-refractivity contribution in [1.29, 1.82) is 0 Å². The van der Waals surface area contributed by atoms with Crippen molar-refractivity contribution in [3.63, 3.8) is 0 Å². The topological polar surface area (TPSA) is 28.7 Å². The predicted molar refractivity (Wildman–Crippen MR) is 76.8 cm³/mol. The van der Waals surface area contributed by atoms with Crippen molar-refractivity contribution in [2.75, 3.05) is 0 Å². The Morgan fingerprint density at radius 2 is 1.94 bits per heavy atom. The molecule has 1 N–H and O–H groups in total. The molecule has 0 fully saturated rings. The van der Waals surface area contributed by atoms with Crippen LogP contribution in [-0.4, -0.2) is 9.97 Å². The highest BCUT2D eigenvalue weighted by Gasteiger charge is 2.05. The van der Waals surface area contributed by atoms with Crippen molar-refractivity contribution in [2.45, 2.75) is 20.8 Å². The van der Waals surface area contributed by atoms with Crippen molar-refractivity contribution in [3.05, 3.63) is 44.1 Å². The zero-order valence-electron chi connectivity index (χ0n) is 9.97. The van der Waals surface area contributed by atoms with E-state index in [-0.39, 0.29) is 0 Å². The number of hydrogen-bond donors (Lipinski definition) is 1. The van der Waals surface area contributed by atoms with Crippen LogP contribution >= 0.6 is 28.1 Å². The van der Waals surface area contributed by atoms with Crippen LogP contribution < -0.4 is 0 Å². The third-order valence-corrected chi connectivity index (χ3v) is 4.10. The summed E-state index contributed by atoms with van der Waals surface area (Å²) < 4.78 is 1.74. The Hall–Kier alpha value is -1.00. The molecule has 2 nitrogen and oxygen atoms in total. The largest absolute Gasteiger partial charge is 0.343 e. The van der Waals surface area contributed by atoms with Gasteiger partial charge in [-0.3, -0.25) is 0 Å². The van der Waals surface area contributed by atoms with Crippen LogP contribution in [0.15, 0.2) is 22.7 Å². The van der Waals surface area contributed by atoms with Crippen LogP contribution in [0.4, 0.5) is 0 Å². The summed E-state index contributed by atoms with van der Waals surface area (Å²) in [6.45, 7) is 6.06. The maximum atomic E-state index is 5.24. The van der Waals surface area contributed by atoms with Crippen LogP contribution in [0.2, 0.25) is 0 Å². The van der Waals surface area contributed by atoms with E-state index >= 15 is 0 Å². The molecule has 1 aromatic heterocycles. The molecule has 0 saturated carbocycles. The molecule has 1 heterocycles. The monoisotopic (exact) mass is 308 g/mol. The number of hydrogen-bond acceptors (Lipinski definition) is 2. The number of nitrogens with zero attached hydrogens (tertiary/aromatic N) is 1. The molecule has 0 unspecified atom stereocenters. The smallest absolute Gasteiger partial charge is 0.139 e. The Morgan fingerprint density at radius 3 is 2.53 bits per heavy atom. The summed E-state index contributed by atoms with van der Waals surface area (Å²) >= 11 is 8.77. The first-order chi connectivity index (χ1) is 7.99. The number of nitrogens with one attached hydrogen (secondary N) is 1. The van der Waals surface area contributed by atoms with Crippen LogP contribution in [0.25, 0.3) is 11.4 Å². The molecule has 0 spiro atoms. The Balaban J connectivity index is 2.61. The van der Waals surface area contributed by atoms with Crippen molar-refractivity contribution in [2.24, 2.45) is 0 Å². The number of halogens is 1. The van der Waals surface area contributed by atoms with Gasteiger partial charge in [-0.2, -0.15) is 0 Å². The van der Waals surface area contributed by atoms with Gasteiger partial charge in [0.1, 0.15) is 10.5 Å². The van der Waals surface area contributed by atoms with Crippen molar-refractivity contribution in [1.82, 2.24) is 9.97 Å². The lowest BCUT2D eigenvalue weighted by Crippen LogP contribution is -1.96. The molecular formula is C13H13BrN2S. The molecule has 88 valence electrons. The van der Waals surface area contributed by atoms with Gasteiger partial charge in [-0.1, -0.05) is 40.3 Å². The minimum Gasteiger partial charge on any atom is -0.343 e. The van der Waals surface area contributed by atoms with Crippen LogP contribution in [0.3, 0.4) is 0 Å². The maximum Gasteiger partial charge on any atom is 0.139 e. The van der Waals surface area contributed by atoms with Gasteiger partial charge in [0.25, 0.3) is 0 Å². The van der Waals surface area contributed by atoms with Gasteiger partial charge in [0, 0.05) is 21.3 Å². The summed E-state index contributed by atoms with van der Waals surface area (Å²) in [5.41, 5.74) is 4.35.